The third-order valence-corrected chi connectivity index (χ3v) is 6.39. The molecule has 0 saturated carbocycles. The lowest BCUT2D eigenvalue weighted by Crippen LogP contribution is -2.30. The molecule has 112 valence electrons. The number of ether oxygens (including phenoxy) is 1. The Kier molecular flexibility index (Phi) is 4.73. The van der Waals surface area contributed by atoms with Crippen LogP contribution in [0.15, 0.2) is 21.5 Å². The SMILES string of the molecule is COc1cc(C)c(Br)cc1S(=O)(=O)N1CCC(CN)C1. The van der Waals surface area contributed by atoms with Gasteiger partial charge in [-0.25, -0.2) is 8.42 Å². The van der Waals surface area contributed by atoms with Gasteiger partial charge in [0.05, 0.1) is 7.11 Å². The lowest BCUT2D eigenvalue weighted by atomic mass is 10.1. The number of halogens is 1. The van der Waals surface area contributed by atoms with Crippen molar-refractivity contribution in [1.82, 2.24) is 4.31 Å². The van der Waals surface area contributed by atoms with Crippen molar-refractivity contribution in [3.05, 3.63) is 22.2 Å². The van der Waals surface area contributed by atoms with Crippen LogP contribution in [-0.2, 0) is 10.0 Å². The highest BCUT2D eigenvalue weighted by Crippen LogP contribution is 2.34. The Bertz CT molecular complexity index is 604. The Morgan fingerprint density at radius 2 is 2.20 bits per heavy atom. The van der Waals surface area contributed by atoms with E-state index in [1.807, 2.05) is 6.92 Å². The van der Waals surface area contributed by atoms with Gasteiger partial charge in [0.25, 0.3) is 0 Å². The smallest absolute Gasteiger partial charge is 0.246 e. The molecular formula is C13H19BrN2O3S. The maximum atomic E-state index is 12.7. The van der Waals surface area contributed by atoms with E-state index in [-0.39, 0.29) is 10.8 Å². The van der Waals surface area contributed by atoms with Gasteiger partial charge in [-0.05, 0) is 43.5 Å². The first-order valence-corrected chi connectivity index (χ1v) is 8.67. The molecule has 1 unspecified atom stereocenters. The predicted molar refractivity (Wildman–Crippen MR) is 81.4 cm³/mol. The number of rotatable bonds is 4. The highest BCUT2D eigenvalue weighted by Gasteiger charge is 2.34. The largest absolute Gasteiger partial charge is 0.495 e. The summed E-state index contributed by atoms with van der Waals surface area (Å²) >= 11 is 3.38. The summed E-state index contributed by atoms with van der Waals surface area (Å²) in [4.78, 5) is 0.204. The molecule has 1 fully saturated rings. The first kappa shape index (κ1) is 15.8. The van der Waals surface area contributed by atoms with Crippen LogP contribution in [0.3, 0.4) is 0 Å². The van der Waals surface area contributed by atoms with Gasteiger partial charge in [-0.1, -0.05) is 15.9 Å². The first-order valence-electron chi connectivity index (χ1n) is 6.44. The van der Waals surface area contributed by atoms with Crippen LogP contribution in [0.1, 0.15) is 12.0 Å². The summed E-state index contributed by atoms with van der Waals surface area (Å²) in [5.74, 6) is 0.617. The number of hydrogen-bond acceptors (Lipinski definition) is 4. The van der Waals surface area contributed by atoms with Gasteiger partial charge in [0, 0.05) is 17.6 Å². The molecular weight excluding hydrogens is 344 g/mol. The number of nitrogens with two attached hydrogens (primary N) is 1. The summed E-state index contributed by atoms with van der Waals surface area (Å²) in [5, 5.41) is 0. The summed E-state index contributed by atoms with van der Waals surface area (Å²) in [6, 6.07) is 3.34. The van der Waals surface area contributed by atoms with E-state index in [1.165, 1.54) is 11.4 Å². The second-order valence-corrected chi connectivity index (χ2v) is 7.77. The molecule has 5 nitrogen and oxygen atoms in total. The molecule has 0 radical (unpaired) electrons. The van der Waals surface area contributed by atoms with E-state index in [4.69, 9.17) is 10.5 Å². The van der Waals surface area contributed by atoms with E-state index in [0.717, 1.165) is 16.5 Å². The van der Waals surface area contributed by atoms with Gasteiger partial charge in [0.2, 0.25) is 10.0 Å². The molecule has 2 rings (SSSR count). The van der Waals surface area contributed by atoms with Crippen molar-refractivity contribution in [3.63, 3.8) is 0 Å². The molecule has 0 spiro atoms. The summed E-state index contributed by atoms with van der Waals surface area (Å²) in [5.41, 5.74) is 6.56. The van der Waals surface area contributed by atoms with E-state index in [0.29, 0.717) is 25.4 Å². The van der Waals surface area contributed by atoms with Crippen LogP contribution in [0, 0.1) is 12.8 Å². The van der Waals surface area contributed by atoms with Crippen molar-refractivity contribution in [1.29, 1.82) is 0 Å². The van der Waals surface area contributed by atoms with Crippen LogP contribution in [0.2, 0.25) is 0 Å². The van der Waals surface area contributed by atoms with Crippen LogP contribution in [0.4, 0.5) is 0 Å². The maximum Gasteiger partial charge on any atom is 0.246 e. The molecule has 0 aliphatic carbocycles. The van der Waals surface area contributed by atoms with Gasteiger partial charge >= 0.3 is 0 Å². The van der Waals surface area contributed by atoms with E-state index in [9.17, 15) is 8.42 Å². The first-order chi connectivity index (χ1) is 9.40. The van der Waals surface area contributed by atoms with Crippen molar-refractivity contribution in [3.8, 4) is 5.75 Å². The third-order valence-electron chi connectivity index (χ3n) is 3.64. The predicted octanol–water partition coefficient (Wildman–Crippen LogP) is 1.74. The van der Waals surface area contributed by atoms with Gasteiger partial charge in [-0.2, -0.15) is 4.31 Å². The zero-order valence-electron chi connectivity index (χ0n) is 11.6. The summed E-state index contributed by atoms with van der Waals surface area (Å²) in [6.45, 7) is 3.40. The molecule has 1 aromatic carbocycles. The Morgan fingerprint density at radius 3 is 2.75 bits per heavy atom. The van der Waals surface area contributed by atoms with Gasteiger partial charge in [0.1, 0.15) is 10.6 Å². The Morgan fingerprint density at radius 1 is 1.50 bits per heavy atom. The zero-order chi connectivity index (χ0) is 14.9. The number of nitrogens with zero attached hydrogens (tertiary/aromatic N) is 1. The van der Waals surface area contributed by atoms with Gasteiger partial charge < -0.3 is 10.5 Å². The van der Waals surface area contributed by atoms with Crippen LogP contribution in [0.25, 0.3) is 0 Å². The van der Waals surface area contributed by atoms with Crippen molar-refractivity contribution >= 4 is 26.0 Å². The fourth-order valence-electron chi connectivity index (χ4n) is 2.34. The van der Waals surface area contributed by atoms with Crippen LogP contribution in [0.5, 0.6) is 5.75 Å². The topological polar surface area (TPSA) is 72.6 Å². The van der Waals surface area contributed by atoms with E-state index in [2.05, 4.69) is 15.9 Å². The average Bonchev–Trinajstić information content (AvgIpc) is 2.90. The molecule has 0 bridgehead atoms. The fraction of sp³-hybridized carbons (Fsp3) is 0.538. The molecule has 1 aliphatic rings. The van der Waals surface area contributed by atoms with Gasteiger partial charge in [-0.3, -0.25) is 0 Å². The molecule has 1 atom stereocenters. The molecule has 1 aliphatic heterocycles. The van der Waals surface area contributed by atoms with E-state index < -0.39 is 10.0 Å². The highest BCUT2D eigenvalue weighted by molar-refractivity contribution is 9.10. The lowest BCUT2D eigenvalue weighted by Gasteiger charge is -2.19. The van der Waals surface area contributed by atoms with Crippen LogP contribution < -0.4 is 10.5 Å². The molecule has 1 saturated heterocycles. The summed E-state index contributed by atoms with van der Waals surface area (Å²) in [7, 11) is -2.06. The van der Waals surface area contributed by atoms with Crippen LogP contribution in [-0.4, -0.2) is 39.5 Å². The second kappa shape index (κ2) is 6.01. The Labute approximate surface area is 128 Å². The number of aryl methyl sites for hydroxylation is 1. The lowest BCUT2D eigenvalue weighted by molar-refractivity contribution is 0.397. The summed E-state index contributed by atoms with van der Waals surface area (Å²) in [6.07, 6.45) is 0.811. The molecule has 2 N–H and O–H groups in total. The van der Waals surface area contributed by atoms with E-state index >= 15 is 0 Å². The molecule has 7 heteroatoms. The number of methoxy groups -OCH3 is 1. The standard InChI is InChI=1S/C13H19BrN2O3S/c1-9-5-12(19-2)13(6-11(9)14)20(17,18)16-4-3-10(7-15)8-16/h5-6,10H,3-4,7-8,15H2,1-2H3. The average molecular weight is 363 g/mol. The minimum atomic E-state index is -3.54. The number of hydrogen-bond donors (Lipinski definition) is 1. The quantitative estimate of drug-likeness (QED) is 0.885. The molecule has 20 heavy (non-hydrogen) atoms. The zero-order valence-corrected chi connectivity index (χ0v) is 14.0. The van der Waals surface area contributed by atoms with E-state index in [1.54, 1.807) is 12.1 Å². The van der Waals surface area contributed by atoms with Gasteiger partial charge in [-0.15, -0.1) is 0 Å². The fourth-order valence-corrected chi connectivity index (χ4v) is 4.53. The monoisotopic (exact) mass is 362 g/mol. The second-order valence-electron chi connectivity index (χ2n) is 5.01. The minimum absolute atomic E-state index is 0.204. The van der Waals surface area contributed by atoms with Crippen LogP contribution >= 0.6 is 15.9 Å². The van der Waals surface area contributed by atoms with Crippen molar-refractivity contribution in [2.24, 2.45) is 11.7 Å². The van der Waals surface area contributed by atoms with Gasteiger partial charge in [0.15, 0.2) is 0 Å². The third kappa shape index (κ3) is 2.86. The number of benzene rings is 1. The van der Waals surface area contributed by atoms with Crippen molar-refractivity contribution in [2.45, 2.75) is 18.2 Å². The molecule has 0 aromatic heterocycles. The normalized spacial score (nSPS) is 20.3. The highest BCUT2D eigenvalue weighted by atomic mass is 79.9. The molecule has 1 aromatic rings. The minimum Gasteiger partial charge on any atom is -0.495 e. The Balaban J connectivity index is 2.42. The summed E-state index contributed by atoms with van der Waals surface area (Å²) < 4.78 is 32.9. The Hall–Kier alpha value is -0.630. The van der Waals surface area contributed by atoms with Crippen molar-refractivity contribution < 1.29 is 13.2 Å². The molecule has 1 heterocycles. The van der Waals surface area contributed by atoms with Crippen molar-refractivity contribution in [2.75, 3.05) is 26.7 Å². The maximum absolute atomic E-state index is 12.7. The number of sulfonamides is 1. The molecule has 0 amide bonds.